The first-order valence-electron chi connectivity index (χ1n) is 7.59. The zero-order valence-electron chi connectivity index (χ0n) is 12.6. The summed E-state index contributed by atoms with van der Waals surface area (Å²) in [6.45, 7) is 1.56. The van der Waals surface area contributed by atoms with Crippen molar-refractivity contribution in [1.29, 1.82) is 0 Å². The van der Waals surface area contributed by atoms with Crippen LogP contribution in [-0.4, -0.2) is 18.0 Å². The molecule has 1 N–H and O–H groups in total. The van der Waals surface area contributed by atoms with Crippen molar-refractivity contribution in [2.24, 2.45) is 17.8 Å². The molecular formula is C17H17Cl2NO3. The summed E-state index contributed by atoms with van der Waals surface area (Å²) in [7, 11) is 0. The molecule has 4 unspecified atom stereocenters. The third-order valence-electron chi connectivity index (χ3n) is 4.43. The number of fused-ring (bicyclic) bond motifs is 2. The molecule has 6 heteroatoms. The Morgan fingerprint density at radius 3 is 2.65 bits per heavy atom. The number of esters is 1. The van der Waals surface area contributed by atoms with Crippen LogP contribution in [0.5, 0.6) is 0 Å². The van der Waals surface area contributed by atoms with Gasteiger partial charge in [-0.25, -0.2) is 0 Å². The van der Waals surface area contributed by atoms with Crippen molar-refractivity contribution in [2.75, 3.05) is 5.32 Å². The number of allylic oxidation sites excluding steroid dienone is 2. The SMILES string of the molecule is CC(OC(=O)C1CC2C=CC1C2)C(=O)Nc1ccc(Cl)cc1Cl. The number of hydrogen-bond donors (Lipinski definition) is 1. The van der Waals surface area contributed by atoms with E-state index in [-0.39, 0.29) is 17.8 Å². The average Bonchev–Trinajstić information content (AvgIpc) is 3.12. The van der Waals surface area contributed by atoms with Crippen LogP contribution >= 0.6 is 23.2 Å². The van der Waals surface area contributed by atoms with Gasteiger partial charge in [-0.15, -0.1) is 0 Å². The number of rotatable bonds is 4. The van der Waals surface area contributed by atoms with Crippen LogP contribution in [0.15, 0.2) is 30.4 Å². The highest BCUT2D eigenvalue weighted by Crippen LogP contribution is 2.44. The van der Waals surface area contributed by atoms with Crippen LogP contribution in [0.2, 0.25) is 10.0 Å². The summed E-state index contributed by atoms with van der Waals surface area (Å²) in [4.78, 5) is 24.4. The lowest BCUT2D eigenvalue weighted by atomic mass is 9.94. The Bertz CT molecular complexity index is 674. The molecule has 2 bridgehead atoms. The van der Waals surface area contributed by atoms with E-state index in [1.54, 1.807) is 19.1 Å². The van der Waals surface area contributed by atoms with Crippen LogP contribution in [0.25, 0.3) is 0 Å². The molecule has 0 spiro atoms. The minimum absolute atomic E-state index is 0.126. The molecule has 1 saturated carbocycles. The predicted octanol–water partition coefficient (Wildman–Crippen LogP) is 4.08. The van der Waals surface area contributed by atoms with Gasteiger partial charge in [-0.05, 0) is 49.8 Å². The fourth-order valence-electron chi connectivity index (χ4n) is 3.19. The Hall–Kier alpha value is -1.52. The van der Waals surface area contributed by atoms with Crippen LogP contribution in [0.3, 0.4) is 0 Å². The molecule has 4 atom stereocenters. The maximum absolute atomic E-state index is 12.2. The molecule has 122 valence electrons. The largest absolute Gasteiger partial charge is 0.452 e. The number of halogens is 2. The van der Waals surface area contributed by atoms with Crippen LogP contribution in [0.1, 0.15) is 19.8 Å². The summed E-state index contributed by atoms with van der Waals surface area (Å²) in [5.41, 5.74) is 0.437. The van der Waals surface area contributed by atoms with Gasteiger partial charge in [-0.2, -0.15) is 0 Å². The number of amides is 1. The predicted molar refractivity (Wildman–Crippen MR) is 89.5 cm³/mol. The number of anilines is 1. The van der Waals surface area contributed by atoms with Gasteiger partial charge in [0.1, 0.15) is 0 Å². The minimum atomic E-state index is -0.877. The van der Waals surface area contributed by atoms with Gasteiger partial charge < -0.3 is 10.1 Å². The second-order valence-electron chi connectivity index (χ2n) is 6.08. The zero-order chi connectivity index (χ0) is 16.6. The zero-order valence-corrected chi connectivity index (χ0v) is 14.1. The Labute approximate surface area is 144 Å². The number of hydrogen-bond acceptors (Lipinski definition) is 3. The molecule has 2 aliphatic carbocycles. The number of carbonyl (C=O) groups excluding carboxylic acids is 2. The van der Waals surface area contributed by atoms with Gasteiger partial charge in [0.05, 0.1) is 16.6 Å². The van der Waals surface area contributed by atoms with E-state index in [9.17, 15) is 9.59 Å². The molecular weight excluding hydrogens is 337 g/mol. The molecule has 0 saturated heterocycles. The fourth-order valence-corrected chi connectivity index (χ4v) is 3.65. The summed E-state index contributed by atoms with van der Waals surface area (Å²) in [6, 6.07) is 4.77. The summed E-state index contributed by atoms with van der Waals surface area (Å²) in [6.07, 6.45) is 5.20. The summed E-state index contributed by atoms with van der Waals surface area (Å²) >= 11 is 11.8. The molecule has 0 aliphatic heterocycles. The summed E-state index contributed by atoms with van der Waals surface area (Å²) in [5.74, 6) is -0.102. The highest BCUT2D eigenvalue weighted by molar-refractivity contribution is 6.36. The molecule has 23 heavy (non-hydrogen) atoms. The lowest BCUT2D eigenvalue weighted by Crippen LogP contribution is -2.33. The van der Waals surface area contributed by atoms with E-state index in [0.29, 0.717) is 21.7 Å². The van der Waals surface area contributed by atoms with E-state index in [1.165, 1.54) is 6.07 Å². The Morgan fingerprint density at radius 1 is 1.26 bits per heavy atom. The molecule has 4 nitrogen and oxygen atoms in total. The first-order chi connectivity index (χ1) is 10.9. The number of carbonyl (C=O) groups is 2. The second-order valence-corrected chi connectivity index (χ2v) is 6.92. The van der Waals surface area contributed by atoms with Crippen molar-refractivity contribution >= 4 is 40.8 Å². The van der Waals surface area contributed by atoms with Gasteiger partial charge >= 0.3 is 5.97 Å². The van der Waals surface area contributed by atoms with Gasteiger partial charge in [0, 0.05) is 5.02 Å². The molecule has 1 aromatic rings. The molecule has 2 aliphatic rings. The molecule has 1 fully saturated rings. The van der Waals surface area contributed by atoms with Crippen LogP contribution in [-0.2, 0) is 14.3 Å². The lowest BCUT2D eigenvalue weighted by molar-refractivity contribution is -0.158. The first kappa shape index (κ1) is 16.3. The van der Waals surface area contributed by atoms with Crippen LogP contribution in [0, 0.1) is 17.8 Å². The van der Waals surface area contributed by atoms with Gasteiger partial charge in [0.25, 0.3) is 5.91 Å². The monoisotopic (exact) mass is 353 g/mol. The van der Waals surface area contributed by atoms with Gasteiger partial charge in [-0.1, -0.05) is 35.4 Å². The molecule has 3 rings (SSSR count). The van der Waals surface area contributed by atoms with Crippen molar-refractivity contribution in [2.45, 2.75) is 25.9 Å². The van der Waals surface area contributed by atoms with E-state index < -0.39 is 12.0 Å². The summed E-state index contributed by atoms with van der Waals surface area (Å²) in [5, 5.41) is 3.47. The van der Waals surface area contributed by atoms with Crippen molar-refractivity contribution in [1.82, 2.24) is 0 Å². The number of benzene rings is 1. The smallest absolute Gasteiger partial charge is 0.310 e. The third kappa shape index (κ3) is 3.54. The van der Waals surface area contributed by atoms with E-state index in [4.69, 9.17) is 27.9 Å². The van der Waals surface area contributed by atoms with E-state index in [1.807, 2.05) is 0 Å². The minimum Gasteiger partial charge on any atom is -0.452 e. The highest BCUT2D eigenvalue weighted by atomic mass is 35.5. The van der Waals surface area contributed by atoms with Crippen molar-refractivity contribution in [3.05, 3.63) is 40.4 Å². The van der Waals surface area contributed by atoms with E-state index in [0.717, 1.165) is 12.8 Å². The Balaban J connectivity index is 1.57. The Kier molecular flexibility index (Phi) is 4.64. The number of nitrogens with one attached hydrogen (secondary N) is 1. The van der Waals surface area contributed by atoms with Crippen molar-refractivity contribution in [3.8, 4) is 0 Å². The van der Waals surface area contributed by atoms with Crippen LogP contribution < -0.4 is 5.32 Å². The molecule has 0 radical (unpaired) electrons. The van der Waals surface area contributed by atoms with Crippen molar-refractivity contribution in [3.63, 3.8) is 0 Å². The molecule has 0 aromatic heterocycles. The first-order valence-corrected chi connectivity index (χ1v) is 8.34. The van der Waals surface area contributed by atoms with Crippen molar-refractivity contribution < 1.29 is 14.3 Å². The molecule has 1 amide bonds. The standard InChI is InChI=1S/C17H17Cl2NO3/c1-9(16(21)20-15-5-4-12(18)8-14(15)19)23-17(22)13-7-10-2-3-11(13)6-10/h2-5,8-11,13H,6-7H2,1H3,(H,20,21). The highest BCUT2D eigenvalue weighted by Gasteiger charge is 2.41. The normalized spacial score (nSPS) is 26.1. The maximum atomic E-state index is 12.2. The lowest BCUT2D eigenvalue weighted by Gasteiger charge is -2.20. The summed E-state index contributed by atoms with van der Waals surface area (Å²) < 4.78 is 5.33. The fraction of sp³-hybridized carbons (Fsp3) is 0.412. The Morgan fingerprint density at radius 2 is 2.04 bits per heavy atom. The van der Waals surface area contributed by atoms with Crippen LogP contribution in [0.4, 0.5) is 5.69 Å². The maximum Gasteiger partial charge on any atom is 0.310 e. The van der Waals surface area contributed by atoms with E-state index >= 15 is 0 Å². The van der Waals surface area contributed by atoms with Gasteiger partial charge in [-0.3, -0.25) is 9.59 Å². The van der Waals surface area contributed by atoms with Gasteiger partial charge in [0.2, 0.25) is 0 Å². The third-order valence-corrected chi connectivity index (χ3v) is 4.98. The number of ether oxygens (including phenoxy) is 1. The topological polar surface area (TPSA) is 55.4 Å². The van der Waals surface area contributed by atoms with Gasteiger partial charge in [0.15, 0.2) is 6.10 Å². The van der Waals surface area contributed by atoms with E-state index in [2.05, 4.69) is 17.5 Å². The second kappa shape index (κ2) is 6.54. The molecule has 0 heterocycles. The average molecular weight is 354 g/mol. The molecule has 1 aromatic carbocycles. The quantitative estimate of drug-likeness (QED) is 0.655.